The van der Waals surface area contributed by atoms with Gasteiger partial charge in [0.2, 0.25) is 0 Å². The second-order valence-electron chi connectivity index (χ2n) is 6.85. The molecule has 1 atom stereocenters. The van der Waals surface area contributed by atoms with Gasteiger partial charge in [-0.25, -0.2) is 0 Å². The minimum absolute atomic E-state index is 0.235. The van der Waals surface area contributed by atoms with E-state index >= 15 is 0 Å². The van der Waals surface area contributed by atoms with Gasteiger partial charge in [-0.05, 0) is 64.7 Å². The number of hydrogen-bond donors (Lipinski definition) is 1. The van der Waals surface area contributed by atoms with Crippen LogP contribution in [0.25, 0.3) is 0 Å². The SMILES string of the molecule is CCCOC1CCCN(C2(CN)CCN(CCC)CC2)C1. The van der Waals surface area contributed by atoms with Crippen molar-refractivity contribution in [3.63, 3.8) is 0 Å². The monoisotopic (exact) mass is 297 g/mol. The molecule has 0 radical (unpaired) electrons. The largest absolute Gasteiger partial charge is 0.377 e. The third-order valence-electron chi connectivity index (χ3n) is 5.31. The molecule has 2 heterocycles. The predicted octanol–water partition coefficient (Wildman–Crippen LogP) is 2.08. The molecule has 2 saturated heterocycles. The van der Waals surface area contributed by atoms with Crippen molar-refractivity contribution in [1.82, 2.24) is 9.80 Å². The van der Waals surface area contributed by atoms with Gasteiger partial charge in [0.05, 0.1) is 6.10 Å². The van der Waals surface area contributed by atoms with E-state index in [1.807, 2.05) is 0 Å². The van der Waals surface area contributed by atoms with E-state index in [0.717, 1.165) is 26.1 Å². The second-order valence-corrected chi connectivity index (χ2v) is 6.85. The first-order valence-corrected chi connectivity index (χ1v) is 9.03. The van der Waals surface area contributed by atoms with E-state index in [0.29, 0.717) is 6.10 Å². The van der Waals surface area contributed by atoms with Crippen molar-refractivity contribution in [3.05, 3.63) is 0 Å². The summed E-state index contributed by atoms with van der Waals surface area (Å²) in [5.74, 6) is 0. The molecular formula is C17H35N3O. The Labute approximate surface area is 131 Å². The van der Waals surface area contributed by atoms with E-state index < -0.39 is 0 Å². The summed E-state index contributed by atoms with van der Waals surface area (Å²) < 4.78 is 6.01. The molecule has 2 rings (SSSR count). The van der Waals surface area contributed by atoms with Crippen LogP contribution in [0.1, 0.15) is 52.4 Å². The maximum Gasteiger partial charge on any atom is 0.0702 e. The summed E-state index contributed by atoms with van der Waals surface area (Å²) in [4.78, 5) is 5.27. The second kappa shape index (κ2) is 8.47. The Morgan fingerprint density at radius 2 is 1.90 bits per heavy atom. The van der Waals surface area contributed by atoms with E-state index in [9.17, 15) is 0 Å². The van der Waals surface area contributed by atoms with E-state index in [2.05, 4.69) is 23.6 Å². The molecule has 4 heteroatoms. The molecule has 0 aromatic heterocycles. The number of nitrogens with zero attached hydrogens (tertiary/aromatic N) is 2. The topological polar surface area (TPSA) is 41.7 Å². The van der Waals surface area contributed by atoms with Crippen LogP contribution in [0.5, 0.6) is 0 Å². The zero-order chi connectivity index (χ0) is 15.1. The Bertz CT molecular complexity index is 290. The molecular weight excluding hydrogens is 262 g/mol. The van der Waals surface area contributed by atoms with Gasteiger partial charge in [-0.3, -0.25) is 4.90 Å². The average molecular weight is 297 g/mol. The van der Waals surface area contributed by atoms with E-state index in [-0.39, 0.29) is 5.54 Å². The number of nitrogens with two attached hydrogens (primary N) is 1. The zero-order valence-electron chi connectivity index (χ0n) is 14.1. The highest BCUT2D eigenvalue weighted by Crippen LogP contribution is 2.31. The van der Waals surface area contributed by atoms with Crippen LogP contribution in [0.3, 0.4) is 0 Å². The molecule has 0 saturated carbocycles. The molecule has 0 aromatic rings. The molecule has 2 fully saturated rings. The summed E-state index contributed by atoms with van der Waals surface area (Å²) >= 11 is 0. The van der Waals surface area contributed by atoms with E-state index in [4.69, 9.17) is 10.5 Å². The summed E-state index contributed by atoms with van der Waals surface area (Å²) in [5.41, 5.74) is 6.47. The van der Waals surface area contributed by atoms with Gasteiger partial charge in [-0.1, -0.05) is 13.8 Å². The number of piperidine rings is 2. The van der Waals surface area contributed by atoms with Crippen LogP contribution in [0.4, 0.5) is 0 Å². The van der Waals surface area contributed by atoms with E-state index in [1.165, 1.54) is 58.3 Å². The summed E-state index contributed by atoms with van der Waals surface area (Å²) in [6.45, 7) is 12.1. The molecule has 4 nitrogen and oxygen atoms in total. The minimum atomic E-state index is 0.235. The zero-order valence-corrected chi connectivity index (χ0v) is 14.1. The van der Waals surface area contributed by atoms with Gasteiger partial charge in [0, 0.05) is 25.2 Å². The Hall–Kier alpha value is -0.160. The molecule has 124 valence electrons. The predicted molar refractivity (Wildman–Crippen MR) is 88.6 cm³/mol. The van der Waals surface area contributed by atoms with Gasteiger partial charge in [-0.2, -0.15) is 0 Å². The summed E-state index contributed by atoms with van der Waals surface area (Å²) in [5, 5.41) is 0. The third-order valence-corrected chi connectivity index (χ3v) is 5.31. The Balaban J connectivity index is 1.90. The fourth-order valence-corrected chi connectivity index (χ4v) is 3.95. The first-order chi connectivity index (χ1) is 10.2. The minimum Gasteiger partial charge on any atom is -0.377 e. The van der Waals surface area contributed by atoms with Crippen molar-refractivity contribution in [2.24, 2.45) is 5.73 Å². The van der Waals surface area contributed by atoms with Crippen molar-refractivity contribution in [1.29, 1.82) is 0 Å². The molecule has 2 N–H and O–H groups in total. The number of ether oxygens (including phenoxy) is 1. The third kappa shape index (κ3) is 4.41. The Kier molecular flexibility index (Phi) is 6.93. The van der Waals surface area contributed by atoms with Crippen molar-refractivity contribution in [3.8, 4) is 0 Å². The van der Waals surface area contributed by atoms with Crippen molar-refractivity contribution >= 4 is 0 Å². The van der Waals surface area contributed by atoms with Crippen LogP contribution < -0.4 is 5.73 Å². The molecule has 0 bridgehead atoms. The lowest BCUT2D eigenvalue weighted by Crippen LogP contribution is -2.62. The fraction of sp³-hybridized carbons (Fsp3) is 1.00. The van der Waals surface area contributed by atoms with Gasteiger partial charge in [0.15, 0.2) is 0 Å². The lowest BCUT2D eigenvalue weighted by Gasteiger charge is -2.51. The van der Waals surface area contributed by atoms with Gasteiger partial charge in [-0.15, -0.1) is 0 Å². The van der Waals surface area contributed by atoms with Gasteiger partial charge < -0.3 is 15.4 Å². The van der Waals surface area contributed by atoms with Gasteiger partial charge >= 0.3 is 0 Å². The molecule has 2 aliphatic rings. The van der Waals surface area contributed by atoms with Crippen LogP contribution in [-0.4, -0.2) is 67.3 Å². The summed E-state index contributed by atoms with van der Waals surface area (Å²) in [6.07, 6.45) is 7.73. The maximum atomic E-state index is 6.23. The van der Waals surface area contributed by atoms with Crippen LogP contribution in [-0.2, 0) is 4.74 Å². The number of rotatable bonds is 7. The molecule has 0 aromatic carbocycles. The van der Waals surface area contributed by atoms with Gasteiger partial charge in [0.1, 0.15) is 0 Å². The lowest BCUT2D eigenvalue weighted by molar-refractivity contribution is -0.0538. The first-order valence-electron chi connectivity index (χ1n) is 9.03. The van der Waals surface area contributed by atoms with Crippen LogP contribution >= 0.6 is 0 Å². The molecule has 0 aliphatic carbocycles. The molecule has 0 amide bonds. The van der Waals surface area contributed by atoms with Crippen molar-refractivity contribution in [2.45, 2.75) is 64.0 Å². The normalized spacial score (nSPS) is 27.9. The smallest absolute Gasteiger partial charge is 0.0702 e. The first kappa shape index (κ1) is 17.2. The standard InChI is InChI=1S/C17H35N3O/c1-3-9-19-11-7-17(15-18,8-12-19)20-10-5-6-16(14-20)21-13-4-2/h16H,3-15,18H2,1-2H3. The summed E-state index contributed by atoms with van der Waals surface area (Å²) in [6, 6.07) is 0. The Morgan fingerprint density at radius 1 is 1.14 bits per heavy atom. The quantitative estimate of drug-likeness (QED) is 0.781. The lowest BCUT2D eigenvalue weighted by atomic mass is 9.84. The highest BCUT2D eigenvalue weighted by Gasteiger charge is 2.40. The summed E-state index contributed by atoms with van der Waals surface area (Å²) in [7, 11) is 0. The molecule has 0 spiro atoms. The highest BCUT2D eigenvalue weighted by molar-refractivity contribution is 4.98. The molecule has 1 unspecified atom stereocenters. The maximum absolute atomic E-state index is 6.23. The Morgan fingerprint density at radius 3 is 2.52 bits per heavy atom. The van der Waals surface area contributed by atoms with Crippen molar-refractivity contribution in [2.75, 3.05) is 45.9 Å². The van der Waals surface area contributed by atoms with Crippen LogP contribution in [0.15, 0.2) is 0 Å². The van der Waals surface area contributed by atoms with Crippen LogP contribution in [0, 0.1) is 0 Å². The fourth-order valence-electron chi connectivity index (χ4n) is 3.95. The molecule has 21 heavy (non-hydrogen) atoms. The van der Waals surface area contributed by atoms with Gasteiger partial charge in [0.25, 0.3) is 0 Å². The number of likely N-dealkylation sites (tertiary alicyclic amines) is 2. The molecule has 2 aliphatic heterocycles. The van der Waals surface area contributed by atoms with E-state index in [1.54, 1.807) is 0 Å². The average Bonchev–Trinajstić information content (AvgIpc) is 2.54. The van der Waals surface area contributed by atoms with Crippen molar-refractivity contribution < 1.29 is 4.74 Å². The highest BCUT2D eigenvalue weighted by atomic mass is 16.5. The van der Waals surface area contributed by atoms with Crippen LogP contribution in [0.2, 0.25) is 0 Å². The number of hydrogen-bond acceptors (Lipinski definition) is 4.